The number of benzene rings is 3. The zero-order valence-corrected chi connectivity index (χ0v) is 20.7. The number of esters is 1. The van der Waals surface area contributed by atoms with Crippen molar-refractivity contribution in [3.05, 3.63) is 96.1 Å². The lowest BCUT2D eigenvalue weighted by Crippen LogP contribution is -2.34. The summed E-state index contributed by atoms with van der Waals surface area (Å²) in [4.78, 5) is 36.2. The predicted molar refractivity (Wildman–Crippen MR) is 145 cm³/mol. The fourth-order valence-electron chi connectivity index (χ4n) is 3.35. The zero-order valence-electron chi connectivity index (χ0n) is 19.9. The second-order valence-corrected chi connectivity index (χ2v) is 8.47. The van der Waals surface area contributed by atoms with Gasteiger partial charge in [0, 0.05) is 29.8 Å². The average Bonchev–Trinajstić information content (AvgIpc) is 2.89. The summed E-state index contributed by atoms with van der Waals surface area (Å²) in [6.45, 7) is 0.364. The number of carbonyl (C=O) groups excluding carboxylic acids is 3. The summed E-state index contributed by atoms with van der Waals surface area (Å²) in [6, 6.07) is 25.9. The highest BCUT2D eigenvalue weighted by Gasteiger charge is 2.09. The molecular weight excluding hydrogens is 474 g/mol. The smallest absolute Gasteiger partial charge is 0.305 e. The number of ether oxygens (including phenoxy) is 1. The van der Waals surface area contributed by atoms with Gasteiger partial charge in [-0.15, -0.1) is 0 Å². The number of aryl methyl sites for hydroxylation is 1. The highest BCUT2D eigenvalue weighted by atomic mass is 32.1. The third-order valence-corrected chi connectivity index (χ3v) is 5.39. The average molecular weight is 504 g/mol. The van der Waals surface area contributed by atoms with Crippen molar-refractivity contribution in [2.45, 2.75) is 32.1 Å². The maximum atomic E-state index is 12.2. The van der Waals surface area contributed by atoms with Gasteiger partial charge in [-0.2, -0.15) is 0 Å². The Morgan fingerprint density at radius 3 is 2.00 bits per heavy atom. The largest absolute Gasteiger partial charge is 0.466 e. The fourth-order valence-corrected chi connectivity index (χ4v) is 3.59. The summed E-state index contributed by atoms with van der Waals surface area (Å²) in [5, 5.41) is 8.50. The molecule has 3 aromatic rings. The maximum Gasteiger partial charge on any atom is 0.305 e. The summed E-state index contributed by atoms with van der Waals surface area (Å²) in [5.41, 5.74) is 3.08. The van der Waals surface area contributed by atoms with Gasteiger partial charge in [0.2, 0.25) is 5.91 Å². The number of thiocarbonyl (C=S) groups is 1. The molecule has 0 saturated heterocycles. The van der Waals surface area contributed by atoms with Gasteiger partial charge in [-0.1, -0.05) is 48.5 Å². The Hall–Kier alpha value is -4.04. The first-order chi connectivity index (χ1) is 17.5. The van der Waals surface area contributed by atoms with Crippen LogP contribution in [0.1, 0.15) is 41.6 Å². The van der Waals surface area contributed by atoms with Gasteiger partial charge < -0.3 is 20.7 Å². The van der Waals surface area contributed by atoms with Gasteiger partial charge in [0.05, 0.1) is 6.61 Å². The van der Waals surface area contributed by atoms with E-state index in [-0.39, 0.29) is 35.7 Å². The Labute approximate surface area is 216 Å². The molecule has 0 unspecified atom stereocenters. The van der Waals surface area contributed by atoms with E-state index in [1.54, 1.807) is 48.5 Å². The molecule has 0 heterocycles. The molecule has 0 atom stereocenters. The van der Waals surface area contributed by atoms with Crippen LogP contribution in [-0.4, -0.2) is 29.5 Å². The highest BCUT2D eigenvalue weighted by Crippen LogP contribution is 2.15. The second-order valence-electron chi connectivity index (χ2n) is 8.06. The monoisotopic (exact) mass is 503 g/mol. The van der Waals surface area contributed by atoms with Gasteiger partial charge in [0.25, 0.3) is 5.91 Å². The van der Waals surface area contributed by atoms with Gasteiger partial charge in [-0.25, -0.2) is 0 Å². The van der Waals surface area contributed by atoms with Crippen LogP contribution in [0, 0.1) is 0 Å². The number of hydrogen-bond acceptors (Lipinski definition) is 5. The predicted octanol–water partition coefficient (Wildman–Crippen LogP) is 5.10. The van der Waals surface area contributed by atoms with Crippen LogP contribution < -0.4 is 16.0 Å². The summed E-state index contributed by atoms with van der Waals surface area (Å²) >= 11 is 5.19. The van der Waals surface area contributed by atoms with Gasteiger partial charge in [-0.3, -0.25) is 14.4 Å². The molecule has 7 nitrogen and oxygen atoms in total. The normalized spacial score (nSPS) is 10.2. The Morgan fingerprint density at radius 2 is 1.33 bits per heavy atom. The van der Waals surface area contributed by atoms with Gasteiger partial charge in [0.1, 0.15) is 0 Å². The van der Waals surface area contributed by atoms with E-state index in [0.717, 1.165) is 12.8 Å². The van der Waals surface area contributed by atoms with Crippen molar-refractivity contribution in [1.29, 1.82) is 0 Å². The molecule has 3 rings (SSSR count). The van der Waals surface area contributed by atoms with E-state index in [9.17, 15) is 14.4 Å². The van der Waals surface area contributed by atoms with Crippen LogP contribution >= 0.6 is 12.2 Å². The first-order valence-corrected chi connectivity index (χ1v) is 12.2. The van der Waals surface area contributed by atoms with Crippen LogP contribution in [0.2, 0.25) is 0 Å². The van der Waals surface area contributed by atoms with Gasteiger partial charge in [-0.05, 0) is 73.4 Å². The van der Waals surface area contributed by atoms with Crippen LogP contribution in [0.4, 0.5) is 11.4 Å². The van der Waals surface area contributed by atoms with Crippen molar-refractivity contribution < 1.29 is 19.1 Å². The number of rotatable bonds is 11. The number of hydrogen-bond donors (Lipinski definition) is 3. The molecule has 36 heavy (non-hydrogen) atoms. The van der Waals surface area contributed by atoms with Gasteiger partial charge >= 0.3 is 5.97 Å². The number of amides is 2. The summed E-state index contributed by atoms with van der Waals surface area (Å²) < 4.78 is 5.23. The van der Waals surface area contributed by atoms with Gasteiger partial charge in [0.15, 0.2) is 5.11 Å². The first-order valence-electron chi connectivity index (χ1n) is 11.8. The molecule has 0 aliphatic rings. The second kappa shape index (κ2) is 14.4. The van der Waals surface area contributed by atoms with Crippen molar-refractivity contribution >= 4 is 46.5 Å². The number of carbonyl (C=O) groups is 3. The molecule has 186 valence electrons. The van der Waals surface area contributed by atoms with Crippen molar-refractivity contribution in [1.82, 2.24) is 5.32 Å². The summed E-state index contributed by atoms with van der Waals surface area (Å²) in [6.07, 6.45) is 2.32. The molecule has 0 aliphatic carbocycles. The van der Waals surface area contributed by atoms with Crippen LogP contribution in [0.3, 0.4) is 0 Å². The Kier molecular flexibility index (Phi) is 10.6. The van der Waals surface area contributed by atoms with Crippen LogP contribution in [0.25, 0.3) is 0 Å². The van der Waals surface area contributed by atoms with E-state index < -0.39 is 0 Å². The molecule has 2 amide bonds. The molecule has 8 heteroatoms. The van der Waals surface area contributed by atoms with E-state index in [0.29, 0.717) is 30.0 Å². The fraction of sp³-hybridized carbons (Fsp3) is 0.214. The molecule has 3 N–H and O–H groups in total. The standard InChI is InChI=1S/C28H29N3O4S/c32-25(14-7-15-26(33)35-20-8-11-21-9-3-1-4-10-21)31-28(36)30-24-18-16-23(17-19-24)29-27(34)22-12-5-2-6-13-22/h1-6,9-10,12-13,16-19H,7-8,11,14-15,20H2,(H,29,34)(H2,30,31,32,36). The Bertz CT molecular complexity index is 1150. The Morgan fingerprint density at radius 1 is 0.722 bits per heavy atom. The molecule has 0 aliphatic heterocycles. The number of nitrogens with one attached hydrogen (secondary N) is 3. The van der Waals surface area contributed by atoms with Crippen molar-refractivity contribution in [2.24, 2.45) is 0 Å². The molecule has 0 aromatic heterocycles. The van der Waals surface area contributed by atoms with E-state index in [1.807, 2.05) is 36.4 Å². The highest BCUT2D eigenvalue weighted by molar-refractivity contribution is 7.80. The molecule has 0 fully saturated rings. The first kappa shape index (κ1) is 26.6. The quantitative estimate of drug-likeness (QED) is 0.191. The van der Waals surface area contributed by atoms with Crippen LogP contribution in [-0.2, 0) is 20.7 Å². The van der Waals surface area contributed by atoms with Crippen molar-refractivity contribution in [3.8, 4) is 0 Å². The lowest BCUT2D eigenvalue weighted by Gasteiger charge is -2.11. The van der Waals surface area contributed by atoms with Crippen molar-refractivity contribution in [2.75, 3.05) is 17.2 Å². The Balaban J connectivity index is 1.28. The van der Waals surface area contributed by atoms with Crippen molar-refractivity contribution in [3.63, 3.8) is 0 Å². The van der Waals surface area contributed by atoms with E-state index >= 15 is 0 Å². The van der Waals surface area contributed by atoms with E-state index in [1.165, 1.54) is 5.56 Å². The lowest BCUT2D eigenvalue weighted by molar-refractivity contribution is -0.143. The molecular formula is C28H29N3O4S. The number of anilines is 2. The third-order valence-electron chi connectivity index (χ3n) is 5.19. The maximum absolute atomic E-state index is 12.2. The minimum atomic E-state index is -0.309. The molecule has 0 spiro atoms. The topological polar surface area (TPSA) is 96.5 Å². The van der Waals surface area contributed by atoms with E-state index in [2.05, 4.69) is 16.0 Å². The SMILES string of the molecule is O=C(CCCC(=O)OCCCc1ccccc1)NC(=S)Nc1ccc(NC(=O)c2ccccc2)cc1. The third kappa shape index (κ3) is 9.68. The molecule has 3 aromatic carbocycles. The molecule has 0 saturated carbocycles. The van der Waals surface area contributed by atoms with E-state index in [4.69, 9.17) is 17.0 Å². The summed E-state index contributed by atoms with van der Waals surface area (Å²) in [7, 11) is 0. The minimum Gasteiger partial charge on any atom is -0.466 e. The lowest BCUT2D eigenvalue weighted by atomic mass is 10.1. The zero-order chi connectivity index (χ0) is 25.6. The minimum absolute atomic E-state index is 0.157. The summed E-state index contributed by atoms with van der Waals surface area (Å²) in [5.74, 6) is -0.790. The van der Waals surface area contributed by atoms with Crippen LogP contribution in [0.5, 0.6) is 0 Å². The van der Waals surface area contributed by atoms with Crippen LogP contribution in [0.15, 0.2) is 84.9 Å². The molecule has 0 radical (unpaired) electrons. The molecule has 0 bridgehead atoms.